The molecule has 7 nitrogen and oxygen atoms in total. The van der Waals surface area contributed by atoms with Gasteiger partial charge in [-0.1, -0.05) is 0 Å². The zero-order valence-electron chi connectivity index (χ0n) is 11.7. The molecule has 0 unspecified atom stereocenters. The highest BCUT2D eigenvalue weighted by Crippen LogP contribution is 2.08. The van der Waals surface area contributed by atoms with Crippen molar-refractivity contribution in [1.29, 1.82) is 0 Å². The van der Waals surface area contributed by atoms with Crippen LogP contribution in [0.5, 0.6) is 0 Å². The number of carbonyl (C=O) groups is 3. The Morgan fingerprint density at radius 2 is 2.05 bits per heavy atom. The molecule has 7 heteroatoms. The smallest absolute Gasteiger partial charge is 0.355 e. The molecule has 0 saturated carbocycles. The van der Waals surface area contributed by atoms with Crippen LogP contribution in [-0.2, 0) is 19.1 Å². The molecule has 0 aromatic carbocycles. The summed E-state index contributed by atoms with van der Waals surface area (Å²) in [4.78, 5) is 36.0. The normalized spacial score (nSPS) is 15.3. The van der Waals surface area contributed by atoms with Crippen molar-refractivity contribution < 1.29 is 19.1 Å². The highest BCUT2D eigenvalue weighted by Gasteiger charge is 2.24. The van der Waals surface area contributed by atoms with Crippen LogP contribution in [0.15, 0.2) is 5.10 Å². The van der Waals surface area contributed by atoms with Gasteiger partial charge in [-0.05, 0) is 13.8 Å². The molecule has 0 aliphatic carbocycles. The summed E-state index contributed by atoms with van der Waals surface area (Å²) >= 11 is 0. The minimum absolute atomic E-state index is 0.0435. The molecule has 0 bridgehead atoms. The lowest BCUT2D eigenvalue weighted by atomic mass is 10.2. The molecule has 1 aliphatic rings. The first-order valence-corrected chi connectivity index (χ1v) is 6.09. The predicted octanol–water partition coefficient (Wildman–Crippen LogP) is 0.00460. The highest BCUT2D eigenvalue weighted by atomic mass is 16.5. The summed E-state index contributed by atoms with van der Waals surface area (Å²) in [6.45, 7) is 3.42. The summed E-state index contributed by atoms with van der Waals surface area (Å²) in [5.41, 5.74) is 0.169. The Balaban J connectivity index is 2.51. The molecule has 0 saturated heterocycles. The molecule has 106 valence electrons. The molecule has 0 spiro atoms. The first kappa shape index (κ1) is 15.1. The van der Waals surface area contributed by atoms with Crippen molar-refractivity contribution in [2.75, 3.05) is 20.7 Å². The van der Waals surface area contributed by atoms with Gasteiger partial charge in [0.25, 0.3) is 5.91 Å². The van der Waals surface area contributed by atoms with Crippen LogP contribution in [0.3, 0.4) is 0 Å². The van der Waals surface area contributed by atoms with Crippen molar-refractivity contribution in [3.05, 3.63) is 0 Å². The van der Waals surface area contributed by atoms with Gasteiger partial charge in [0.2, 0.25) is 5.91 Å². The number of rotatable bonds is 4. The quantitative estimate of drug-likeness (QED) is 0.673. The van der Waals surface area contributed by atoms with Gasteiger partial charge in [0, 0.05) is 33.0 Å². The number of nitrogens with zero attached hydrogens (tertiary/aromatic N) is 3. The van der Waals surface area contributed by atoms with Crippen molar-refractivity contribution in [1.82, 2.24) is 9.91 Å². The fourth-order valence-corrected chi connectivity index (χ4v) is 1.42. The number of hydrogen-bond acceptors (Lipinski definition) is 5. The fraction of sp³-hybridized carbons (Fsp3) is 0.667. The van der Waals surface area contributed by atoms with Gasteiger partial charge in [-0.2, -0.15) is 5.10 Å². The van der Waals surface area contributed by atoms with Gasteiger partial charge in [-0.15, -0.1) is 0 Å². The third kappa shape index (κ3) is 4.04. The van der Waals surface area contributed by atoms with Crippen molar-refractivity contribution in [3.63, 3.8) is 0 Å². The van der Waals surface area contributed by atoms with E-state index < -0.39 is 5.97 Å². The van der Waals surface area contributed by atoms with Gasteiger partial charge in [0.15, 0.2) is 6.61 Å². The average Bonchev–Trinajstić information content (AvgIpc) is 2.37. The predicted molar refractivity (Wildman–Crippen MR) is 68.3 cm³/mol. The third-order valence-corrected chi connectivity index (χ3v) is 2.94. The largest absolute Gasteiger partial charge is 0.451 e. The van der Waals surface area contributed by atoms with Gasteiger partial charge in [-0.3, -0.25) is 9.59 Å². The number of ether oxygens (including phenoxy) is 1. The molecule has 1 rings (SSSR count). The van der Waals surface area contributed by atoms with Crippen LogP contribution in [-0.4, -0.2) is 60.1 Å². The summed E-state index contributed by atoms with van der Waals surface area (Å²) in [7, 11) is 3.12. The van der Waals surface area contributed by atoms with E-state index in [0.29, 0.717) is 0 Å². The molecule has 0 aromatic heterocycles. The third-order valence-electron chi connectivity index (χ3n) is 2.94. The highest BCUT2D eigenvalue weighted by molar-refractivity contribution is 6.37. The number of likely N-dealkylation sites (N-methyl/N-ethyl adjacent to an activating group) is 1. The molecule has 1 heterocycles. The van der Waals surface area contributed by atoms with Gasteiger partial charge in [0.05, 0.1) is 0 Å². The molecule has 2 amide bonds. The second-order valence-corrected chi connectivity index (χ2v) is 4.64. The summed E-state index contributed by atoms with van der Waals surface area (Å²) in [5.74, 6) is -1.07. The summed E-state index contributed by atoms with van der Waals surface area (Å²) in [5, 5.41) is 4.94. The lowest BCUT2D eigenvalue weighted by Crippen LogP contribution is -2.38. The molecular weight excluding hydrogens is 250 g/mol. The van der Waals surface area contributed by atoms with Crippen molar-refractivity contribution >= 4 is 23.5 Å². The van der Waals surface area contributed by atoms with Gasteiger partial charge < -0.3 is 9.64 Å². The first-order chi connectivity index (χ1) is 8.82. The molecule has 0 N–H and O–H groups in total. The Hall–Kier alpha value is -1.92. The monoisotopic (exact) mass is 269 g/mol. The number of hydrazone groups is 1. The van der Waals surface area contributed by atoms with E-state index in [2.05, 4.69) is 5.10 Å². The number of carbonyl (C=O) groups excluding carboxylic acids is 3. The first-order valence-electron chi connectivity index (χ1n) is 6.09. The lowest BCUT2D eigenvalue weighted by Gasteiger charge is -2.22. The number of amides is 2. The standard InChI is InChI=1S/C12H19N3O4/c1-8(2)14(3)11(17)7-19-12(18)9-5-6-10(16)15(4)13-9/h8H,5-7H2,1-4H3. The number of hydrogen-bond donors (Lipinski definition) is 0. The van der Waals surface area contributed by atoms with Gasteiger partial charge in [0.1, 0.15) is 5.71 Å². The lowest BCUT2D eigenvalue weighted by molar-refractivity contribution is -0.147. The average molecular weight is 269 g/mol. The van der Waals surface area contributed by atoms with E-state index in [1.165, 1.54) is 11.9 Å². The van der Waals surface area contributed by atoms with Crippen LogP contribution >= 0.6 is 0 Å². The second-order valence-electron chi connectivity index (χ2n) is 4.64. The molecular formula is C12H19N3O4. The number of esters is 1. The second kappa shape index (κ2) is 6.31. The Morgan fingerprint density at radius 3 is 2.58 bits per heavy atom. The minimum atomic E-state index is -0.648. The maximum absolute atomic E-state index is 11.7. The van der Waals surface area contributed by atoms with Crippen molar-refractivity contribution in [3.8, 4) is 0 Å². The van der Waals surface area contributed by atoms with E-state index in [-0.39, 0.29) is 43.0 Å². The molecule has 1 aliphatic heterocycles. The maximum atomic E-state index is 11.7. The van der Waals surface area contributed by atoms with E-state index in [0.717, 1.165) is 5.01 Å². The van der Waals surface area contributed by atoms with E-state index in [9.17, 15) is 14.4 Å². The van der Waals surface area contributed by atoms with Gasteiger partial charge >= 0.3 is 5.97 Å². The zero-order chi connectivity index (χ0) is 14.6. The van der Waals surface area contributed by atoms with Crippen molar-refractivity contribution in [2.24, 2.45) is 5.10 Å². The molecule has 19 heavy (non-hydrogen) atoms. The SMILES string of the molecule is CC(C)N(C)C(=O)COC(=O)C1=NN(C)C(=O)CC1. The topological polar surface area (TPSA) is 79.3 Å². The maximum Gasteiger partial charge on any atom is 0.355 e. The van der Waals surface area contributed by atoms with Crippen molar-refractivity contribution in [2.45, 2.75) is 32.7 Å². The van der Waals surface area contributed by atoms with E-state index >= 15 is 0 Å². The summed E-state index contributed by atoms with van der Waals surface area (Å²) in [6.07, 6.45) is 0.473. The van der Waals surface area contributed by atoms with Crippen LogP contribution in [0.4, 0.5) is 0 Å². The fourth-order valence-electron chi connectivity index (χ4n) is 1.42. The Morgan fingerprint density at radius 1 is 1.42 bits per heavy atom. The van der Waals surface area contributed by atoms with Crippen LogP contribution in [0, 0.1) is 0 Å². The van der Waals surface area contributed by atoms with E-state index in [1.807, 2.05) is 13.8 Å². The minimum Gasteiger partial charge on any atom is -0.451 e. The molecule has 0 aromatic rings. The van der Waals surface area contributed by atoms with E-state index in [4.69, 9.17) is 4.74 Å². The Labute approximate surface area is 112 Å². The van der Waals surface area contributed by atoms with Gasteiger partial charge in [-0.25, -0.2) is 9.80 Å². The van der Waals surface area contributed by atoms with Crippen LogP contribution in [0.1, 0.15) is 26.7 Å². The van der Waals surface area contributed by atoms with Crippen LogP contribution in [0.25, 0.3) is 0 Å². The molecule has 0 atom stereocenters. The zero-order valence-corrected chi connectivity index (χ0v) is 11.7. The summed E-state index contributed by atoms with van der Waals surface area (Å²) < 4.78 is 4.90. The Bertz CT molecular complexity index is 417. The van der Waals surface area contributed by atoms with E-state index in [1.54, 1.807) is 7.05 Å². The Kier molecular flexibility index (Phi) is 5.02. The summed E-state index contributed by atoms with van der Waals surface area (Å²) in [6, 6.07) is 0.0435. The van der Waals surface area contributed by atoms with Crippen LogP contribution in [0.2, 0.25) is 0 Å². The van der Waals surface area contributed by atoms with Crippen LogP contribution < -0.4 is 0 Å². The molecule has 0 radical (unpaired) electrons. The molecule has 0 fully saturated rings.